The van der Waals surface area contributed by atoms with E-state index in [2.05, 4.69) is 4.72 Å². The minimum Gasteiger partial charge on any atom is -0.495 e. The largest absolute Gasteiger partial charge is 0.495 e. The van der Waals surface area contributed by atoms with E-state index in [9.17, 15) is 13.2 Å². The predicted molar refractivity (Wildman–Crippen MR) is 101 cm³/mol. The predicted octanol–water partition coefficient (Wildman–Crippen LogP) is 3.19. The number of amides is 1. The number of ether oxygens (including phenoxy) is 1. The van der Waals surface area contributed by atoms with Crippen molar-refractivity contribution in [3.8, 4) is 5.75 Å². The fraction of sp³-hybridized carbons (Fsp3) is 0.316. The van der Waals surface area contributed by atoms with Crippen molar-refractivity contribution in [1.29, 1.82) is 0 Å². The first-order chi connectivity index (χ1) is 12.4. The van der Waals surface area contributed by atoms with E-state index in [4.69, 9.17) is 4.74 Å². The van der Waals surface area contributed by atoms with Crippen LogP contribution in [0.2, 0.25) is 0 Å². The molecule has 1 amide bonds. The number of hydrogen-bond acceptors (Lipinski definition) is 4. The standard InChI is InChI=1S/C19H22N2O4S/c1-3-14-6-8-15(9-7-14)20-26(23,24)18-13-16(10-11-17(18)25-2)21-12-4-5-19(21)22/h6-11,13,20H,3-5,12H2,1-2H3. The van der Waals surface area contributed by atoms with E-state index in [1.54, 1.807) is 29.2 Å². The van der Waals surface area contributed by atoms with Crippen molar-refractivity contribution in [2.45, 2.75) is 31.1 Å². The van der Waals surface area contributed by atoms with Crippen LogP contribution in [0.15, 0.2) is 47.4 Å². The summed E-state index contributed by atoms with van der Waals surface area (Å²) in [4.78, 5) is 13.6. The number of sulfonamides is 1. The molecule has 26 heavy (non-hydrogen) atoms. The Morgan fingerprint density at radius 3 is 2.46 bits per heavy atom. The molecule has 0 spiro atoms. The molecule has 0 aliphatic carbocycles. The SMILES string of the molecule is CCc1ccc(NS(=O)(=O)c2cc(N3CCCC3=O)ccc2OC)cc1. The van der Waals surface area contributed by atoms with Crippen molar-refractivity contribution < 1.29 is 17.9 Å². The Morgan fingerprint density at radius 1 is 1.15 bits per heavy atom. The van der Waals surface area contributed by atoms with Crippen LogP contribution >= 0.6 is 0 Å². The first-order valence-electron chi connectivity index (χ1n) is 8.55. The summed E-state index contributed by atoms with van der Waals surface area (Å²) < 4.78 is 33.6. The Kier molecular flexibility index (Phi) is 5.18. The van der Waals surface area contributed by atoms with E-state index in [1.807, 2.05) is 19.1 Å². The minimum absolute atomic E-state index is 0.00151. The van der Waals surface area contributed by atoms with Crippen molar-refractivity contribution >= 4 is 27.3 Å². The number of nitrogens with one attached hydrogen (secondary N) is 1. The van der Waals surface area contributed by atoms with Crippen molar-refractivity contribution in [3.05, 3.63) is 48.0 Å². The number of methoxy groups -OCH3 is 1. The van der Waals surface area contributed by atoms with Gasteiger partial charge in [-0.25, -0.2) is 8.42 Å². The molecule has 138 valence electrons. The topological polar surface area (TPSA) is 75.7 Å². The molecule has 6 nitrogen and oxygen atoms in total. The number of rotatable bonds is 6. The molecular formula is C19H22N2O4S. The first-order valence-corrected chi connectivity index (χ1v) is 10.0. The van der Waals surface area contributed by atoms with E-state index >= 15 is 0 Å². The van der Waals surface area contributed by atoms with Gasteiger partial charge in [0.2, 0.25) is 5.91 Å². The summed E-state index contributed by atoms with van der Waals surface area (Å²) in [7, 11) is -2.44. The third kappa shape index (κ3) is 3.67. The first kappa shape index (κ1) is 18.3. The summed E-state index contributed by atoms with van der Waals surface area (Å²) in [6, 6.07) is 12.0. The van der Waals surface area contributed by atoms with Gasteiger partial charge in [0.1, 0.15) is 10.6 Å². The molecule has 1 fully saturated rings. The normalized spacial score (nSPS) is 14.5. The van der Waals surface area contributed by atoms with Gasteiger partial charge in [-0.3, -0.25) is 9.52 Å². The Labute approximate surface area is 153 Å². The molecule has 7 heteroatoms. The molecule has 2 aromatic rings. The number of hydrogen-bond donors (Lipinski definition) is 1. The van der Waals surface area contributed by atoms with Crippen molar-refractivity contribution in [2.75, 3.05) is 23.3 Å². The van der Waals surface area contributed by atoms with Gasteiger partial charge in [0.25, 0.3) is 10.0 Å². The van der Waals surface area contributed by atoms with Crippen LogP contribution in [0.25, 0.3) is 0 Å². The zero-order valence-electron chi connectivity index (χ0n) is 14.9. The maximum atomic E-state index is 12.9. The Bertz CT molecular complexity index is 908. The molecule has 0 aromatic heterocycles. The summed E-state index contributed by atoms with van der Waals surface area (Å²) in [6.07, 6.45) is 2.14. The average molecular weight is 374 g/mol. The molecule has 1 aliphatic heterocycles. The molecule has 0 radical (unpaired) electrons. The highest BCUT2D eigenvalue weighted by Crippen LogP contribution is 2.32. The van der Waals surface area contributed by atoms with Crippen LogP contribution in [0.5, 0.6) is 5.75 Å². The van der Waals surface area contributed by atoms with Crippen molar-refractivity contribution in [2.24, 2.45) is 0 Å². The van der Waals surface area contributed by atoms with Gasteiger partial charge >= 0.3 is 0 Å². The molecule has 1 heterocycles. The molecule has 0 bridgehead atoms. The second-order valence-corrected chi connectivity index (χ2v) is 7.79. The fourth-order valence-electron chi connectivity index (χ4n) is 2.98. The van der Waals surface area contributed by atoms with Crippen LogP contribution in [0, 0.1) is 0 Å². The highest BCUT2D eigenvalue weighted by molar-refractivity contribution is 7.92. The van der Waals surface area contributed by atoms with Crippen LogP contribution < -0.4 is 14.4 Å². The fourth-order valence-corrected chi connectivity index (χ4v) is 4.23. The lowest BCUT2D eigenvalue weighted by atomic mass is 10.2. The zero-order valence-corrected chi connectivity index (χ0v) is 15.7. The Morgan fingerprint density at radius 2 is 1.88 bits per heavy atom. The lowest BCUT2D eigenvalue weighted by Gasteiger charge is -2.18. The number of carbonyl (C=O) groups is 1. The molecule has 2 aromatic carbocycles. The second-order valence-electron chi connectivity index (χ2n) is 6.14. The number of anilines is 2. The molecule has 3 rings (SSSR count). The molecular weight excluding hydrogens is 352 g/mol. The van der Waals surface area contributed by atoms with E-state index in [0.717, 1.165) is 18.4 Å². The van der Waals surface area contributed by atoms with E-state index in [0.29, 0.717) is 24.3 Å². The quantitative estimate of drug-likeness (QED) is 0.843. The Hall–Kier alpha value is -2.54. The third-order valence-corrected chi connectivity index (χ3v) is 5.84. The average Bonchev–Trinajstić information content (AvgIpc) is 3.07. The summed E-state index contributed by atoms with van der Waals surface area (Å²) in [5.74, 6) is 0.236. The summed E-state index contributed by atoms with van der Waals surface area (Å²) in [6.45, 7) is 2.63. The minimum atomic E-state index is -3.86. The molecule has 0 unspecified atom stereocenters. The van der Waals surface area contributed by atoms with Crippen LogP contribution in [-0.2, 0) is 21.2 Å². The van der Waals surface area contributed by atoms with E-state index in [1.165, 1.54) is 13.2 Å². The molecule has 1 aliphatic rings. The zero-order chi connectivity index (χ0) is 18.7. The van der Waals surface area contributed by atoms with Gasteiger partial charge in [-0.2, -0.15) is 0 Å². The van der Waals surface area contributed by atoms with Crippen molar-refractivity contribution in [1.82, 2.24) is 0 Å². The Balaban J connectivity index is 1.95. The summed E-state index contributed by atoms with van der Waals surface area (Å²) in [5, 5.41) is 0. The number of nitrogens with zero attached hydrogens (tertiary/aromatic N) is 1. The van der Waals surface area contributed by atoms with Crippen molar-refractivity contribution in [3.63, 3.8) is 0 Å². The van der Waals surface area contributed by atoms with E-state index < -0.39 is 10.0 Å². The number of aryl methyl sites for hydroxylation is 1. The third-order valence-electron chi connectivity index (χ3n) is 4.44. The summed E-state index contributed by atoms with van der Waals surface area (Å²) in [5.41, 5.74) is 2.17. The van der Waals surface area contributed by atoms with Gasteiger partial charge < -0.3 is 9.64 Å². The van der Waals surface area contributed by atoms with Gasteiger partial charge in [-0.15, -0.1) is 0 Å². The maximum Gasteiger partial charge on any atom is 0.265 e. The van der Waals surface area contributed by atoms with Crippen LogP contribution in [0.1, 0.15) is 25.3 Å². The van der Waals surface area contributed by atoms with Gasteiger partial charge in [0.15, 0.2) is 0 Å². The number of carbonyl (C=O) groups excluding carboxylic acids is 1. The summed E-state index contributed by atoms with van der Waals surface area (Å²) >= 11 is 0. The monoisotopic (exact) mass is 374 g/mol. The maximum absolute atomic E-state index is 12.9. The lowest BCUT2D eigenvalue weighted by Crippen LogP contribution is -2.24. The van der Waals surface area contributed by atoms with Crippen LogP contribution in [0.3, 0.4) is 0 Å². The number of benzene rings is 2. The highest BCUT2D eigenvalue weighted by atomic mass is 32.2. The molecule has 1 N–H and O–H groups in total. The smallest absolute Gasteiger partial charge is 0.265 e. The lowest BCUT2D eigenvalue weighted by molar-refractivity contribution is -0.117. The molecule has 0 atom stereocenters. The van der Waals surface area contributed by atoms with Gasteiger partial charge in [-0.1, -0.05) is 19.1 Å². The second kappa shape index (κ2) is 7.37. The molecule has 0 saturated carbocycles. The van der Waals surface area contributed by atoms with E-state index in [-0.39, 0.29) is 16.6 Å². The van der Waals surface area contributed by atoms with Crippen LogP contribution in [0.4, 0.5) is 11.4 Å². The van der Waals surface area contributed by atoms with Crippen LogP contribution in [-0.4, -0.2) is 28.0 Å². The molecule has 1 saturated heterocycles. The van der Waals surface area contributed by atoms with Gasteiger partial charge in [0, 0.05) is 24.3 Å². The van der Waals surface area contributed by atoms with Gasteiger partial charge in [-0.05, 0) is 48.7 Å². The highest BCUT2D eigenvalue weighted by Gasteiger charge is 2.26. The van der Waals surface area contributed by atoms with Gasteiger partial charge in [0.05, 0.1) is 7.11 Å².